The summed E-state index contributed by atoms with van der Waals surface area (Å²) in [6.07, 6.45) is 6.79. The van der Waals surface area contributed by atoms with Crippen molar-refractivity contribution in [1.82, 2.24) is 9.55 Å². The molecular weight excluding hydrogens is 451 g/mol. The Morgan fingerprint density at radius 2 is 1.64 bits per heavy atom. The fraction of sp³-hybridized carbons (Fsp3) is 0.167. The molecule has 0 N–H and O–H groups in total. The molecule has 0 aliphatic rings. The second kappa shape index (κ2) is 7.42. The van der Waals surface area contributed by atoms with Gasteiger partial charge in [-0.15, -0.1) is 0 Å². The zero-order valence-electron chi connectivity index (χ0n) is 12.0. The fourth-order valence-electron chi connectivity index (χ4n) is 2.61. The van der Waals surface area contributed by atoms with E-state index in [0.29, 0.717) is 5.92 Å². The van der Waals surface area contributed by atoms with Crippen molar-refractivity contribution >= 4 is 38.5 Å². The molecule has 112 valence electrons. The molecule has 0 saturated heterocycles. The van der Waals surface area contributed by atoms with Gasteiger partial charge in [0.25, 0.3) is 0 Å². The number of rotatable bonds is 5. The summed E-state index contributed by atoms with van der Waals surface area (Å²) in [6.45, 7) is 0.965. The third kappa shape index (κ3) is 3.98. The molecule has 0 aliphatic heterocycles. The van der Waals surface area contributed by atoms with E-state index < -0.39 is 0 Å². The summed E-state index contributed by atoms with van der Waals surface area (Å²) in [5, 5.41) is 0. The van der Waals surface area contributed by atoms with Gasteiger partial charge >= 0.3 is 0 Å². The summed E-state index contributed by atoms with van der Waals surface area (Å²) in [5.74, 6) is 0.396. The summed E-state index contributed by atoms with van der Waals surface area (Å²) < 4.78 is 4.52. The summed E-state index contributed by atoms with van der Waals surface area (Å²) >= 11 is 5.87. The molecule has 0 radical (unpaired) electrons. The minimum atomic E-state index is 0.396. The van der Waals surface area contributed by atoms with Crippen LogP contribution in [0.5, 0.6) is 0 Å². The number of aromatic nitrogens is 2. The van der Waals surface area contributed by atoms with Gasteiger partial charge in [-0.05, 0) is 64.4 Å². The maximum atomic E-state index is 4.12. The highest BCUT2D eigenvalue weighted by Gasteiger charge is 2.14. The van der Waals surface area contributed by atoms with E-state index in [9.17, 15) is 0 Å². The zero-order chi connectivity index (χ0) is 15.4. The highest BCUT2D eigenvalue weighted by atomic mass is 127. The molecular formula is C18H16BrIN2. The van der Waals surface area contributed by atoms with E-state index in [0.717, 1.165) is 17.4 Å². The number of hydrogen-bond donors (Lipinski definition) is 0. The van der Waals surface area contributed by atoms with E-state index in [4.69, 9.17) is 0 Å². The van der Waals surface area contributed by atoms with Gasteiger partial charge in [0.2, 0.25) is 0 Å². The van der Waals surface area contributed by atoms with E-state index in [1.54, 1.807) is 0 Å². The molecule has 3 rings (SSSR count). The number of aryl methyl sites for hydroxylation is 1. The van der Waals surface area contributed by atoms with Gasteiger partial charge in [0.1, 0.15) is 0 Å². The van der Waals surface area contributed by atoms with Crippen LogP contribution >= 0.6 is 38.5 Å². The van der Waals surface area contributed by atoms with E-state index in [-0.39, 0.29) is 0 Å². The molecule has 0 saturated carbocycles. The molecule has 1 aromatic heterocycles. The SMILES string of the molecule is Brc1ccc(C(CCn2ccnc2)c2ccc(I)cc2)cc1. The second-order valence-corrected chi connectivity index (χ2v) is 7.41. The van der Waals surface area contributed by atoms with Crippen LogP contribution in [0, 0.1) is 3.57 Å². The standard InChI is InChI=1S/C18H16BrIN2/c19-16-5-1-14(2-6-16)18(9-11-22-12-10-21-13-22)15-3-7-17(20)8-4-15/h1-8,10,12-13,18H,9,11H2. The van der Waals surface area contributed by atoms with Crippen LogP contribution in [-0.2, 0) is 6.54 Å². The van der Waals surface area contributed by atoms with Gasteiger partial charge in [-0.2, -0.15) is 0 Å². The van der Waals surface area contributed by atoms with Crippen LogP contribution in [0.3, 0.4) is 0 Å². The van der Waals surface area contributed by atoms with Crippen LogP contribution in [0.4, 0.5) is 0 Å². The number of imidazole rings is 1. The number of hydrogen-bond acceptors (Lipinski definition) is 1. The van der Waals surface area contributed by atoms with Crippen molar-refractivity contribution < 1.29 is 0 Å². The van der Waals surface area contributed by atoms with Crippen molar-refractivity contribution in [2.24, 2.45) is 0 Å². The highest BCUT2D eigenvalue weighted by molar-refractivity contribution is 14.1. The largest absolute Gasteiger partial charge is 0.337 e. The summed E-state index contributed by atoms with van der Waals surface area (Å²) in [7, 11) is 0. The minimum absolute atomic E-state index is 0.396. The molecule has 0 amide bonds. The molecule has 0 bridgehead atoms. The first-order valence-corrected chi connectivity index (χ1v) is 9.06. The topological polar surface area (TPSA) is 17.8 Å². The monoisotopic (exact) mass is 466 g/mol. The molecule has 1 heterocycles. The Morgan fingerprint density at radius 3 is 2.23 bits per heavy atom. The van der Waals surface area contributed by atoms with Crippen molar-refractivity contribution in [2.45, 2.75) is 18.9 Å². The van der Waals surface area contributed by atoms with Crippen LogP contribution in [-0.4, -0.2) is 9.55 Å². The second-order valence-electron chi connectivity index (χ2n) is 5.24. The Balaban J connectivity index is 1.87. The molecule has 0 aliphatic carbocycles. The number of halogens is 2. The molecule has 3 aromatic rings. The number of nitrogens with zero attached hydrogens (tertiary/aromatic N) is 2. The molecule has 4 heteroatoms. The normalized spacial score (nSPS) is 12.3. The maximum absolute atomic E-state index is 4.12. The van der Waals surface area contributed by atoms with Crippen molar-refractivity contribution in [2.75, 3.05) is 0 Å². The van der Waals surface area contributed by atoms with Gasteiger partial charge in [-0.1, -0.05) is 40.2 Å². The average Bonchev–Trinajstić information content (AvgIpc) is 3.04. The lowest BCUT2D eigenvalue weighted by Gasteiger charge is -2.19. The average molecular weight is 467 g/mol. The van der Waals surface area contributed by atoms with Crippen molar-refractivity contribution in [3.63, 3.8) is 0 Å². The first kappa shape index (κ1) is 15.7. The van der Waals surface area contributed by atoms with Gasteiger partial charge in [0, 0.05) is 32.9 Å². The molecule has 2 nitrogen and oxygen atoms in total. The van der Waals surface area contributed by atoms with Crippen LogP contribution in [0.2, 0.25) is 0 Å². The minimum Gasteiger partial charge on any atom is -0.337 e. The molecule has 2 aromatic carbocycles. The molecule has 1 atom stereocenters. The number of benzene rings is 2. The van der Waals surface area contributed by atoms with Gasteiger partial charge < -0.3 is 4.57 Å². The smallest absolute Gasteiger partial charge is 0.0945 e. The van der Waals surface area contributed by atoms with Crippen LogP contribution < -0.4 is 0 Å². The predicted molar refractivity (Wildman–Crippen MR) is 102 cm³/mol. The van der Waals surface area contributed by atoms with Crippen molar-refractivity contribution in [3.8, 4) is 0 Å². The first-order valence-electron chi connectivity index (χ1n) is 7.19. The van der Waals surface area contributed by atoms with Gasteiger partial charge in [0.05, 0.1) is 6.33 Å². The highest BCUT2D eigenvalue weighted by Crippen LogP contribution is 2.30. The van der Waals surface area contributed by atoms with E-state index >= 15 is 0 Å². The Morgan fingerprint density at radius 1 is 1.00 bits per heavy atom. The molecule has 0 spiro atoms. The van der Waals surface area contributed by atoms with Crippen LogP contribution in [0.15, 0.2) is 71.7 Å². The van der Waals surface area contributed by atoms with Gasteiger partial charge in [-0.25, -0.2) is 4.98 Å². The Kier molecular flexibility index (Phi) is 5.31. The van der Waals surface area contributed by atoms with Gasteiger partial charge in [0.15, 0.2) is 0 Å². The van der Waals surface area contributed by atoms with E-state index in [1.165, 1.54) is 14.7 Å². The Bertz CT molecular complexity index is 660. The molecule has 0 fully saturated rings. The van der Waals surface area contributed by atoms with Crippen LogP contribution in [0.1, 0.15) is 23.5 Å². The molecule has 1 unspecified atom stereocenters. The van der Waals surface area contributed by atoms with Crippen LogP contribution in [0.25, 0.3) is 0 Å². The lowest BCUT2D eigenvalue weighted by atomic mass is 9.88. The van der Waals surface area contributed by atoms with E-state index in [2.05, 4.69) is 96.6 Å². The maximum Gasteiger partial charge on any atom is 0.0945 e. The predicted octanol–water partition coefficient (Wildman–Crippen LogP) is 5.47. The van der Waals surface area contributed by atoms with Gasteiger partial charge in [-0.3, -0.25) is 0 Å². The summed E-state index contributed by atoms with van der Waals surface area (Å²) in [6, 6.07) is 17.5. The Labute approximate surface area is 152 Å². The first-order chi connectivity index (χ1) is 10.7. The Hall–Kier alpha value is -1.14. The van der Waals surface area contributed by atoms with Crippen molar-refractivity contribution in [1.29, 1.82) is 0 Å². The molecule has 22 heavy (non-hydrogen) atoms. The quantitative estimate of drug-likeness (QED) is 0.455. The third-order valence-electron chi connectivity index (χ3n) is 3.78. The van der Waals surface area contributed by atoms with E-state index in [1.807, 2.05) is 18.7 Å². The summed E-state index contributed by atoms with van der Waals surface area (Å²) in [4.78, 5) is 4.12. The lowest BCUT2D eigenvalue weighted by molar-refractivity contribution is 0.595. The fourth-order valence-corrected chi connectivity index (χ4v) is 3.24. The zero-order valence-corrected chi connectivity index (χ0v) is 15.7. The third-order valence-corrected chi connectivity index (χ3v) is 5.03. The lowest BCUT2D eigenvalue weighted by Crippen LogP contribution is -2.06. The summed E-state index contributed by atoms with van der Waals surface area (Å²) in [5.41, 5.74) is 2.72. The van der Waals surface area contributed by atoms with Crippen molar-refractivity contribution in [3.05, 3.63) is 86.4 Å².